The van der Waals surface area contributed by atoms with Crippen molar-refractivity contribution in [1.29, 1.82) is 0 Å². The summed E-state index contributed by atoms with van der Waals surface area (Å²) in [6, 6.07) is 12.2. The zero-order chi connectivity index (χ0) is 19.1. The Balaban J connectivity index is 1.42. The van der Waals surface area contributed by atoms with Gasteiger partial charge in [-0.05, 0) is 55.5 Å². The van der Waals surface area contributed by atoms with E-state index in [2.05, 4.69) is 43.4 Å². The van der Waals surface area contributed by atoms with Crippen LogP contribution in [0.15, 0.2) is 53.8 Å². The van der Waals surface area contributed by atoms with Gasteiger partial charge in [-0.1, -0.05) is 6.07 Å². The summed E-state index contributed by atoms with van der Waals surface area (Å²) >= 11 is 0. The lowest BCUT2D eigenvalue weighted by atomic mass is 9.95. The largest absolute Gasteiger partial charge is 0.356 e. The number of rotatable bonds is 2. The molecule has 1 saturated heterocycles. The molecule has 0 amide bonds. The Morgan fingerprint density at radius 1 is 1.07 bits per heavy atom. The molecule has 0 unspecified atom stereocenters. The van der Waals surface area contributed by atoms with Gasteiger partial charge >= 0.3 is 0 Å². The molecule has 5 rings (SSSR count). The summed E-state index contributed by atoms with van der Waals surface area (Å²) in [4.78, 5) is 15.8. The van der Waals surface area contributed by atoms with Gasteiger partial charge in [-0.25, -0.2) is 9.37 Å². The highest BCUT2D eigenvalue weighted by Crippen LogP contribution is 2.32. The standard InChI is InChI=1S/C22H22FN5/c1-22(23)7-11-28(12-8-22)21-18-5-4-17(13-15(18)6-10-25-21)27-20-19-16(14-26-20)3-2-9-24-19/h2-6,9-10,13H,7-8,11-12,14H2,1H3,(H,26,27). The van der Waals surface area contributed by atoms with Crippen molar-refractivity contribution in [3.8, 4) is 0 Å². The Morgan fingerprint density at radius 3 is 2.79 bits per heavy atom. The third-order valence-corrected chi connectivity index (χ3v) is 5.63. The molecular formula is C22H22FN5. The molecule has 0 bridgehead atoms. The van der Waals surface area contributed by atoms with Gasteiger partial charge in [0, 0.05) is 42.1 Å². The summed E-state index contributed by atoms with van der Waals surface area (Å²) in [5.74, 6) is 1.74. The third-order valence-electron chi connectivity index (χ3n) is 5.63. The number of piperidine rings is 1. The van der Waals surface area contributed by atoms with Crippen molar-refractivity contribution < 1.29 is 4.39 Å². The number of fused-ring (bicyclic) bond motifs is 2. The number of aromatic nitrogens is 2. The highest BCUT2D eigenvalue weighted by Gasteiger charge is 2.30. The molecule has 0 saturated carbocycles. The number of benzene rings is 1. The van der Waals surface area contributed by atoms with Crippen LogP contribution in [0.5, 0.6) is 0 Å². The van der Waals surface area contributed by atoms with E-state index < -0.39 is 5.67 Å². The van der Waals surface area contributed by atoms with E-state index in [-0.39, 0.29) is 0 Å². The summed E-state index contributed by atoms with van der Waals surface area (Å²) in [5.41, 5.74) is 1.96. The predicted molar refractivity (Wildman–Crippen MR) is 111 cm³/mol. The van der Waals surface area contributed by atoms with E-state index >= 15 is 0 Å². The maximum absolute atomic E-state index is 14.2. The Labute approximate surface area is 163 Å². The van der Waals surface area contributed by atoms with Crippen molar-refractivity contribution in [3.63, 3.8) is 0 Å². The van der Waals surface area contributed by atoms with Gasteiger partial charge < -0.3 is 10.2 Å². The predicted octanol–water partition coefficient (Wildman–Crippen LogP) is 4.33. The normalized spacial score (nSPS) is 18.1. The number of pyridine rings is 2. The van der Waals surface area contributed by atoms with Gasteiger partial charge in [-0.15, -0.1) is 0 Å². The summed E-state index contributed by atoms with van der Waals surface area (Å²) in [5, 5.41) is 5.59. The van der Waals surface area contributed by atoms with E-state index in [1.54, 1.807) is 13.1 Å². The molecular weight excluding hydrogens is 353 g/mol. The van der Waals surface area contributed by atoms with Crippen molar-refractivity contribution >= 4 is 28.1 Å². The Morgan fingerprint density at radius 2 is 1.93 bits per heavy atom. The summed E-state index contributed by atoms with van der Waals surface area (Å²) in [6.07, 6.45) is 4.70. The molecule has 2 aromatic heterocycles. The van der Waals surface area contributed by atoms with Crippen LogP contribution in [0.25, 0.3) is 10.8 Å². The van der Waals surface area contributed by atoms with Crippen LogP contribution >= 0.6 is 0 Å². The highest BCUT2D eigenvalue weighted by molar-refractivity contribution is 6.10. The molecule has 0 aliphatic carbocycles. The van der Waals surface area contributed by atoms with E-state index in [9.17, 15) is 4.39 Å². The van der Waals surface area contributed by atoms with E-state index in [0.29, 0.717) is 32.5 Å². The average molecular weight is 375 g/mol. The molecule has 3 aromatic rings. The average Bonchev–Trinajstić information content (AvgIpc) is 3.10. The van der Waals surface area contributed by atoms with Gasteiger partial charge in [0.05, 0.1) is 6.54 Å². The fourth-order valence-electron chi connectivity index (χ4n) is 3.93. The Hall–Kier alpha value is -3.02. The van der Waals surface area contributed by atoms with Crippen molar-refractivity contribution in [3.05, 3.63) is 60.0 Å². The van der Waals surface area contributed by atoms with Crippen LogP contribution in [0.2, 0.25) is 0 Å². The molecule has 1 aromatic carbocycles. The quantitative estimate of drug-likeness (QED) is 0.724. The number of nitrogens with one attached hydrogen (secondary N) is 1. The van der Waals surface area contributed by atoms with Crippen molar-refractivity contribution in [2.24, 2.45) is 4.99 Å². The van der Waals surface area contributed by atoms with Crippen molar-refractivity contribution in [2.75, 3.05) is 23.3 Å². The third kappa shape index (κ3) is 3.09. The van der Waals surface area contributed by atoms with Crippen LogP contribution in [0.4, 0.5) is 15.9 Å². The van der Waals surface area contributed by atoms with Crippen LogP contribution in [0, 0.1) is 0 Å². The molecule has 28 heavy (non-hydrogen) atoms. The van der Waals surface area contributed by atoms with Gasteiger partial charge in [0.15, 0.2) is 5.84 Å². The summed E-state index contributed by atoms with van der Waals surface area (Å²) in [7, 11) is 0. The lowest BCUT2D eigenvalue weighted by molar-refractivity contribution is 0.149. The Kier molecular flexibility index (Phi) is 4.00. The number of anilines is 2. The first-order chi connectivity index (χ1) is 13.6. The van der Waals surface area contributed by atoms with Crippen molar-refractivity contribution in [1.82, 2.24) is 9.97 Å². The van der Waals surface area contributed by atoms with Gasteiger partial charge in [0.1, 0.15) is 17.2 Å². The number of halogens is 1. The van der Waals surface area contributed by atoms with Crippen molar-refractivity contribution in [2.45, 2.75) is 32.0 Å². The SMILES string of the molecule is CC1(F)CCN(c2nccc3cc(NC4=NCc5cccnc54)ccc23)CC1. The molecule has 0 spiro atoms. The molecule has 4 heterocycles. The van der Waals surface area contributed by atoms with Gasteiger partial charge in [-0.2, -0.15) is 0 Å². The molecule has 2 aliphatic heterocycles. The maximum Gasteiger partial charge on any atom is 0.152 e. The van der Waals surface area contributed by atoms with E-state index in [1.807, 2.05) is 24.4 Å². The van der Waals surface area contributed by atoms with E-state index in [4.69, 9.17) is 0 Å². The number of hydrogen-bond acceptors (Lipinski definition) is 5. The zero-order valence-electron chi connectivity index (χ0n) is 15.8. The number of nitrogens with zero attached hydrogens (tertiary/aromatic N) is 4. The van der Waals surface area contributed by atoms with E-state index in [1.165, 1.54) is 0 Å². The fraction of sp³-hybridized carbons (Fsp3) is 0.318. The zero-order valence-corrected chi connectivity index (χ0v) is 15.8. The molecule has 6 heteroatoms. The minimum Gasteiger partial charge on any atom is -0.356 e. The second-order valence-corrected chi connectivity index (χ2v) is 7.77. The lowest BCUT2D eigenvalue weighted by Crippen LogP contribution is -2.40. The maximum atomic E-state index is 14.2. The lowest BCUT2D eigenvalue weighted by Gasteiger charge is -2.35. The molecule has 0 atom stereocenters. The molecule has 2 aliphatic rings. The summed E-state index contributed by atoms with van der Waals surface area (Å²) in [6.45, 7) is 3.74. The topological polar surface area (TPSA) is 53.4 Å². The van der Waals surface area contributed by atoms with Gasteiger partial charge in [0.2, 0.25) is 0 Å². The second kappa shape index (κ2) is 6.55. The van der Waals surface area contributed by atoms with Gasteiger partial charge in [-0.3, -0.25) is 9.98 Å². The number of alkyl halides is 1. The fourth-order valence-corrected chi connectivity index (χ4v) is 3.93. The minimum absolute atomic E-state index is 0.539. The Bertz CT molecular complexity index is 1070. The smallest absolute Gasteiger partial charge is 0.152 e. The summed E-state index contributed by atoms with van der Waals surface area (Å²) < 4.78 is 14.2. The van der Waals surface area contributed by atoms with Crippen LogP contribution in [0.3, 0.4) is 0 Å². The van der Waals surface area contributed by atoms with Crippen LogP contribution < -0.4 is 10.2 Å². The number of amidine groups is 1. The van der Waals surface area contributed by atoms with Gasteiger partial charge in [0.25, 0.3) is 0 Å². The van der Waals surface area contributed by atoms with Crippen LogP contribution in [-0.2, 0) is 6.54 Å². The molecule has 0 radical (unpaired) electrons. The monoisotopic (exact) mass is 375 g/mol. The molecule has 5 nitrogen and oxygen atoms in total. The first kappa shape index (κ1) is 17.1. The minimum atomic E-state index is -1.06. The molecule has 1 fully saturated rings. The van der Waals surface area contributed by atoms with Crippen LogP contribution in [-0.4, -0.2) is 34.6 Å². The second-order valence-electron chi connectivity index (χ2n) is 7.77. The first-order valence-corrected chi connectivity index (χ1v) is 9.67. The molecule has 1 N–H and O–H groups in total. The molecule has 142 valence electrons. The highest BCUT2D eigenvalue weighted by atomic mass is 19.1. The number of aliphatic imine (C=N–C) groups is 1. The van der Waals surface area contributed by atoms with E-state index in [0.717, 1.165) is 39.4 Å². The van der Waals surface area contributed by atoms with Crippen LogP contribution in [0.1, 0.15) is 31.0 Å². The first-order valence-electron chi connectivity index (χ1n) is 9.67. The number of hydrogen-bond donors (Lipinski definition) is 1.